The molecule has 5 rings (SSSR count). The van der Waals surface area contributed by atoms with Crippen molar-refractivity contribution in [1.29, 1.82) is 0 Å². The molecule has 0 amide bonds. The van der Waals surface area contributed by atoms with E-state index in [2.05, 4.69) is 4.90 Å². The SMILES string of the molecule is O=C(O)C(O)(c1ccccc1)c1ccc(B(O)O)cc1C1CN2CCC1CC2. The molecule has 146 valence electrons. The van der Waals surface area contributed by atoms with Crippen LogP contribution in [0.3, 0.4) is 0 Å². The maximum absolute atomic E-state index is 12.3. The number of carbonyl (C=O) groups is 1. The van der Waals surface area contributed by atoms with Crippen molar-refractivity contribution in [3.63, 3.8) is 0 Å². The van der Waals surface area contributed by atoms with Crippen LogP contribution in [0.5, 0.6) is 0 Å². The number of hydrogen-bond acceptors (Lipinski definition) is 5. The van der Waals surface area contributed by atoms with Crippen LogP contribution in [0.25, 0.3) is 0 Å². The van der Waals surface area contributed by atoms with Gasteiger partial charge in [0.15, 0.2) is 0 Å². The summed E-state index contributed by atoms with van der Waals surface area (Å²) in [6.07, 6.45) is 2.04. The molecule has 7 heteroatoms. The topological polar surface area (TPSA) is 101 Å². The lowest BCUT2D eigenvalue weighted by Crippen LogP contribution is -2.48. The first-order valence-corrected chi connectivity index (χ1v) is 9.65. The van der Waals surface area contributed by atoms with Crippen LogP contribution >= 0.6 is 0 Å². The van der Waals surface area contributed by atoms with E-state index in [1.54, 1.807) is 36.4 Å². The Bertz CT molecular complexity index is 866. The number of nitrogens with zero attached hydrogens (tertiary/aromatic N) is 1. The Labute approximate surface area is 164 Å². The zero-order valence-electron chi connectivity index (χ0n) is 15.5. The molecule has 2 unspecified atom stereocenters. The normalized spacial score (nSPS) is 25.9. The van der Waals surface area contributed by atoms with Crippen molar-refractivity contribution < 1.29 is 25.1 Å². The summed E-state index contributed by atoms with van der Waals surface area (Å²) in [6.45, 7) is 2.84. The summed E-state index contributed by atoms with van der Waals surface area (Å²) in [5.41, 5.74) is -0.636. The highest BCUT2D eigenvalue weighted by molar-refractivity contribution is 6.58. The summed E-state index contributed by atoms with van der Waals surface area (Å²) in [7, 11) is -1.65. The van der Waals surface area contributed by atoms with E-state index in [4.69, 9.17) is 0 Å². The summed E-state index contributed by atoms with van der Waals surface area (Å²) in [5.74, 6) is -0.909. The smallest absolute Gasteiger partial charge is 0.479 e. The van der Waals surface area contributed by atoms with Crippen molar-refractivity contribution in [1.82, 2.24) is 4.90 Å². The molecule has 2 atom stereocenters. The lowest BCUT2D eigenvalue weighted by molar-refractivity contribution is -0.155. The minimum absolute atomic E-state index is 0.0470. The minimum atomic E-state index is -2.21. The zero-order valence-corrected chi connectivity index (χ0v) is 15.5. The predicted molar refractivity (Wildman–Crippen MR) is 105 cm³/mol. The van der Waals surface area contributed by atoms with Gasteiger partial charge >= 0.3 is 13.1 Å². The van der Waals surface area contributed by atoms with Crippen molar-refractivity contribution in [2.45, 2.75) is 24.4 Å². The van der Waals surface area contributed by atoms with Crippen molar-refractivity contribution in [3.05, 3.63) is 65.2 Å². The minimum Gasteiger partial charge on any atom is -0.479 e. The lowest BCUT2D eigenvalue weighted by atomic mass is 9.68. The monoisotopic (exact) mass is 381 g/mol. The highest BCUT2D eigenvalue weighted by atomic mass is 16.4. The number of rotatable bonds is 5. The second-order valence-corrected chi connectivity index (χ2v) is 7.85. The molecule has 4 N–H and O–H groups in total. The Hall–Kier alpha value is -2.19. The number of benzene rings is 2. The molecule has 3 fully saturated rings. The molecule has 28 heavy (non-hydrogen) atoms. The molecular formula is C21H24BNO5. The number of aliphatic hydroxyl groups is 1. The van der Waals surface area contributed by atoms with Crippen LogP contribution in [0.15, 0.2) is 48.5 Å². The molecule has 2 bridgehead atoms. The van der Waals surface area contributed by atoms with Crippen LogP contribution < -0.4 is 5.46 Å². The van der Waals surface area contributed by atoms with Gasteiger partial charge in [-0.15, -0.1) is 0 Å². The fraction of sp³-hybridized carbons (Fsp3) is 0.381. The van der Waals surface area contributed by atoms with E-state index in [1.807, 2.05) is 0 Å². The van der Waals surface area contributed by atoms with Crippen molar-refractivity contribution in [2.75, 3.05) is 19.6 Å². The van der Waals surface area contributed by atoms with Crippen molar-refractivity contribution >= 4 is 18.6 Å². The van der Waals surface area contributed by atoms with Gasteiger partial charge in [0.25, 0.3) is 0 Å². The first-order chi connectivity index (χ1) is 13.4. The molecular weight excluding hydrogens is 357 g/mol. The summed E-state index contributed by atoms with van der Waals surface area (Å²) >= 11 is 0. The summed E-state index contributed by atoms with van der Waals surface area (Å²) in [4.78, 5) is 14.6. The molecule has 3 saturated heterocycles. The molecule has 0 radical (unpaired) electrons. The fourth-order valence-corrected chi connectivity index (χ4v) is 4.77. The molecule has 3 aliphatic heterocycles. The third-order valence-electron chi connectivity index (χ3n) is 6.32. The summed E-state index contributed by atoms with van der Waals surface area (Å²) in [5, 5.41) is 40.7. The largest absolute Gasteiger partial charge is 0.488 e. The van der Waals surface area contributed by atoms with Crippen LogP contribution in [0, 0.1) is 5.92 Å². The number of carboxylic acids is 1. The first-order valence-electron chi connectivity index (χ1n) is 9.65. The highest BCUT2D eigenvalue weighted by Crippen LogP contribution is 2.43. The zero-order chi connectivity index (χ0) is 19.9. The van der Waals surface area contributed by atoms with Gasteiger partial charge in [0.05, 0.1) is 0 Å². The van der Waals surface area contributed by atoms with Gasteiger partial charge in [0, 0.05) is 12.1 Å². The number of aliphatic carboxylic acids is 1. The Morgan fingerprint density at radius 3 is 2.29 bits per heavy atom. The molecule has 0 spiro atoms. The predicted octanol–water partition coefficient (Wildman–Crippen LogP) is 0.496. The molecule has 0 saturated carbocycles. The molecule has 0 aromatic heterocycles. The van der Waals surface area contributed by atoms with E-state index in [-0.39, 0.29) is 11.5 Å². The second kappa shape index (κ2) is 7.33. The highest BCUT2D eigenvalue weighted by Gasteiger charge is 2.45. The summed E-state index contributed by atoms with van der Waals surface area (Å²) < 4.78 is 0. The molecule has 3 heterocycles. The van der Waals surface area contributed by atoms with Crippen LogP contribution in [-0.2, 0) is 10.4 Å². The van der Waals surface area contributed by atoms with E-state index in [1.165, 1.54) is 12.1 Å². The van der Waals surface area contributed by atoms with Crippen LogP contribution in [0.2, 0.25) is 0 Å². The number of piperidine rings is 3. The average Bonchev–Trinajstić information content (AvgIpc) is 2.74. The van der Waals surface area contributed by atoms with Crippen LogP contribution in [0.4, 0.5) is 0 Å². The third kappa shape index (κ3) is 3.14. The van der Waals surface area contributed by atoms with Gasteiger partial charge in [-0.2, -0.15) is 0 Å². The van der Waals surface area contributed by atoms with Crippen molar-refractivity contribution in [3.8, 4) is 0 Å². The standard InChI is InChI=1S/C21H24BNO5/c24-20(25)21(26,15-4-2-1-3-5-15)19-7-6-16(22(27)28)12-17(19)18-13-23-10-8-14(18)9-11-23/h1-7,12,14,18,26-28H,8-11,13H2,(H,24,25). The van der Waals surface area contributed by atoms with Gasteiger partial charge in [0.2, 0.25) is 5.60 Å². The number of hydrogen-bond donors (Lipinski definition) is 4. The molecule has 2 aromatic carbocycles. The van der Waals surface area contributed by atoms with Gasteiger partial charge in [-0.3, -0.25) is 0 Å². The van der Waals surface area contributed by atoms with Crippen LogP contribution in [-0.4, -0.2) is 57.9 Å². The van der Waals surface area contributed by atoms with Gasteiger partial charge in [-0.1, -0.05) is 48.5 Å². The Balaban J connectivity index is 1.89. The molecule has 2 aromatic rings. The number of carboxylic acid groups (broad SMARTS) is 1. The molecule has 6 nitrogen and oxygen atoms in total. The van der Waals surface area contributed by atoms with Gasteiger partial charge in [0.1, 0.15) is 0 Å². The van der Waals surface area contributed by atoms with Gasteiger partial charge < -0.3 is 25.2 Å². The Morgan fingerprint density at radius 2 is 1.75 bits per heavy atom. The molecule has 0 aliphatic carbocycles. The van der Waals surface area contributed by atoms with E-state index in [0.29, 0.717) is 22.5 Å². The fourth-order valence-electron chi connectivity index (χ4n) is 4.77. The van der Waals surface area contributed by atoms with E-state index in [9.17, 15) is 25.1 Å². The average molecular weight is 381 g/mol. The van der Waals surface area contributed by atoms with Gasteiger partial charge in [-0.25, -0.2) is 4.79 Å². The van der Waals surface area contributed by atoms with E-state index in [0.717, 1.165) is 32.5 Å². The summed E-state index contributed by atoms with van der Waals surface area (Å²) in [6, 6.07) is 13.0. The third-order valence-corrected chi connectivity index (χ3v) is 6.32. The van der Waals surface area contributed by atoms with Crippen molar-refractivity contribution in [2.24, 2.45) is 5.92 Å². The second-order valence-electron chi connectivity index (χ2n) is 7.85. The lowest BCUT2D eigenvalue weighted by Gasteiger charge is -2.46. The van der Waals surface area contributed by atoms with E-state index >= 15 is 0 Å². The maximum atomic E-state index is 12.3. The van der Waals surface area contributed by atoms with E-state index < -0.39 is 18.7 Å². The van der Waals surface area contributed by atoms with Gasteiger partial charge in [-0.05, 0) is 54.4 Å². The Kier molecular flexibility index (Phi) is 5.01. The number of fused-ring (bicyclic) bond motifs is 3. The first kappa shape index (κ1) is 19.1. The quantitative estimate of drug-likeness (QED) is 0.563. The Morgan fingerprint density at radius 1 is 1.07 bits per heavy atom. The molecule has 3 aliphatic rings. The maximum Gasteiger partial charge on any atom is 0.488 e. The van der Waals surface area contributed by atoms with Crippen LogP contribution in [0.1, 0.15) is 35.4 Å².